The number of nitrogen functional groups attached to an aromatic ring is 1. The van der Waals surface area contributed by atoms with Crippen LogP contribution < -0.4 is 10.5 Å². The van der Waals surface area contributed by atoms with Crippen LogP contribution in [0.5, 0.6) is 0 Å². The Morgan fingerprint density at radius 2 is 1.82 bits per heavy atom. The van der Waals surface area contributed by atoms with Crippen molar-refractivity contribution in [2.24, 2.45) is 5.92 Å². The van der Waals surface area contributed by atoms with Crippen LogP contribution in [0.25, 0.3) is 0 Å². The normalized spacial score (nSPS) is 13.9. The molecule has 6 heteroatoms. The highest BCUT2D eigenvalue weighted by Gasteiger charge is 2.17. The molecule has 0 spiro atoms. The molecule has 96 valence electrons. The molecule has 5 nitrogen and oxygen atoms in total. The van der Waals surface area contributed by atoms with Crippen LogP contribution in [-0.2, 0) is 10.0 Å². The van der Waals surface area contributed by atoms with Gasteiger partial charge in [0, 0.05) is 12.2 Å². The van der Waals surface area contributed by atoms with Gasteiger partial charge in [-0.3, -0.25) is 0 Å². The van der Waals surface area contributed by atoms with E-state index in [1.165, 1.54) is 24.3 Å². The first-order valence-corrected chi connectivity index (χ1v) is 6.84. The minimum Gasteiger partial charge on any atom is -0.399 e. The third-order valence-electron chi connectivity index (χ3n) is 2.44. The maximum atomic E-state index is 11.8. The molecule has 0 saturated carbocycles. The lowest BCUT2D eigenvalue weighted by Crippen LogP contribution is -2.34. The van der Waals surface area contributed by atoms with Crippen molar-refractivity contribution >= 4 is 15.7 Å². The zero-order valence-corrected chi connectivity index (χ0v) is 10.7. The third kappa shape index (κ3) is 3.99. The smallest absolute Gasteiger partial charge is 0.240 e. The summed E-state index contributed by atoms with van der Waals surface area (Å²) in [4.78, 5) is 0.141. The van der Waals surface area contributed by atoms with E-state index in [-0.39, 0.29) is 17.4 Å². The van der Waals surface area contributed by atoms with Crippen LogP contribution in [0.15, 0.2) is 29.2 Å². The molecule has 0 fully saturated rings. The Morgan fingerprint density at radius 1 is 1.29 bits per heavy atom. The van der Waals surface area contributed by atoms with Crippen LogP contribution in [-0.4, -0.2) is 26.2 Å². The number of anilines is 1. The summed E-state index contributed by atoms with van der Waals surface area (Å²) in [5, 5.41) is 9.53. The van der Waals surface area contributed by atoms with Gasteiger partial charge in [-0.2, -0.15) is 0 Å². The fraction of sp³-hybridized carbons (Fsp3) is 0.455. The summed E-state index contributed by atoms with van der Waals surface area (Å²) in [6.45, 7) is 3.65. The average molecular weight is 258 g/mol. The molecule has 0 heterocycles. The fourth-order valence-corrected chi connectivity index (χ4v) is 2.21. The summed E-state index contributed by atoms with van der Waals surface area (Å²) >= 11 is 0. The van der Waals surface area contributed by atoms with E-state index >= 15 is 0 Å². The molecular weight excluding hydrogens is 240 g/mol. The Balaban J connectivity index is 2.72. The second kappa shape index (κ2) is 5.48. The molecule has 0 aliphatic heterocycles. The Labute approximate surface area is 102 Å². The van der Waals surface area contributed by atoms with E-state index in [0.717, 1.165) is 0 Å². The molecule has 4 N–H and O–H groups in total. The van der Waals surface area contributed by atoms with Crippen molar-refractivity contribution in [3.63, 3.8) is 0 Å². The quantitative estimate of drug-likeness (QED) is 0.673. The molecule has 0 saturated heterocycles. The molecule has 1 unspecified atom stereocenters. The molecule has 0 radical (unpaired) electrons. The lowest BCUT2D eigenvalue weighted by atomic mass is 10.1. The monoisotopic (exact) mass is 258 g/mol. The maximum Gasteiger partial charge on any atom is 0.240 e. The number of sulfonamides is 1. The van der Waals surface area contributed by atoms with Crippen LogP contribution in [0.2, 0.25) is 0 Å². The Bertz CT molecular complexity index is 454. The summed E-state index contributed by atoms with van der Waals surface area (Å²) in [5.74, 6) is 0.00381. The molecule has 0 aliphatic carbocycles. The number of hydrogen-bond acceptors (Lipinski definition) is 4. The van der Waals surface area contributed by atoms with Crippen LogP contribution in [0.3, 0.4) is 0 Å². The summed E-state index contributed by atoms with van der Waals surface area (Å²) in [6, 6.07) is 5.90. The van der Waals surface area contributed by atoms with Crippen molar-refractivity contribution in [3.05, 3.63) is 24.3 Å². The van der Waals surface area contributed by atoms with Crippen LogP contribution in [0, 0.1) is 5.92 Å². The molecule has 1 atom stereocenters. The second-order valence-corrected chi connectivity index (χ2v) is 6.00. The van der Waals surface area contributed by atoms with E-state index in [1.807, 2.05) is 13.8 Å². The SMILES string of the molecule is CC(C)C(O)CNS(=O)(=O)c1ccc(N)cc1. The zero-order valence-electron chi connectivity index (χ0n) is 9.92. The van der Waals surface area contributed by atoms with Crippen molar-refractivity contribution in [2.45, 2.75) is 24.8 Å². The lowest BCUT2D eigenvalue weighted by molar-refractivity contribution is 0.129. The summed E-state index contributed by atoms with van der Waals surface area (Å²) < 4.78 is 26.0. The van der Waals surface area contributed by atoms with E-state index in [9.17, 15) is 13.5 Å². The van der Waals surface area contributed by atoms with Crippen molar-refractivity contribution in [2.75, 3.05) is 12.3 Å². The predicted molar refractivity (Wildman–Crippen MR) is 66.9 cm³/mol. The Kier molecular flexibility index (Phi) is 4.50. The van der Waals surface area contributed by atoms with Crippen molar-refractivity contribution in [1.82, 2.24) is 4.72 Å². The van der Waals surface area contributed by atoms with Crippen molar-refractivity contribution in [3.8, 4) is 0 Å². The zero-order chi connectivity index (χ0) is 13.1. The van der Waals surface area contributed by atoms with Gasteiger partial charge in [-0.15, -0.1) is 0 Å². The number of benzene rings is 1. The van der Waals surface area contributed by atoms with E-state index in [1.54, 1.807) is 0 Å². The standard InChI is InChI=1S/C11H18N2O3S/c1-8(2)11(14)7-13-17(15,16)10-5-3-9(12)4-6-10/h3-6,8,11,13-14H,7,12H2,1-2H3. The van der Waals surface area contributed by atoms with Gasteiger partial charge in [-0.1, -0.05) is 13.8 Å². The topological polar surface area (TPSA) is 92.4 Å². The average Bonchev–Trinajstić information content (AvgIpc) is 2.26. The van der Waals surface area contributed by atoms with Gasteiger partial charge in [0.15, 0.2) is 0 Å². The van der Waals surface area contributed by atoms with E-state index in [2.05, 4.69) is 4.72 Å². The number of hydrogen-bond donors (Lipinski definition) is 3. The molecule has 1 aromatic carbocycles. The Hall–Kier alpha value is -1.11. The highest BCUT2D eigenvalue weighted by Crippen LogP contribution is 2.11. The number of rotatable bonds is 5. The minimum atomic E-state index is -3.57. The fourth-order valence-electron chi connectivity index (χ4n) is 1.16. The van der Waals surface area contributed by atoms with Gasteiger partial charge < -0.3 is 10.8 Å². The van der Waals surface area contributed by atoms with Crippen LogP contribution in [0.4, 0.5) is 5.69 Å². The maximum absolute atomic E-state index is 11.8. The molecule has 0 amide bonds. The first-order valence-electron chi connectivity index (χ1n) is 5.36. The van der Waals surface area contributed by atoms with Gasteiger partial charge >= 0.3 is 0 Å². The largest absolute Gasteiger partial charge is 0.399 e. The Morgan fingerprint density at radius 3 is 2.29 bits per heavy atom. The van der Waals surface area contributed by atoms with Gasteiger partial charge in [-0.25, -0.2) is 13.1 Å². The molecule has 0 aromatic heterocycles. The number of aliphatic hydroxyl groups is 1. The summed E-state index contributed by atoms with van der Waals surface area (Å²) in [7, 11) is -3.57. The van der Waals surface area contributed by atoms with Gasteiger partial charge in [0.25, 0.3) is 0 Å². The van der Waals surface area contributed by atoms with E-state index in [4.69, 9.17) is 5.73 Å². The van der Waals surface area contributed by atoms with Gasteiger partial charge in [-0.05, 0) is 30.2 Å². The molecule has 0 aliphatic rings. The van der Waals surface area contributed by atoms with Gasteiger partial charge in [0.05, 0.1) is 11.0 Å². The van der Waals surface area contributed by atoms with Crippen molar-refractivity contribution < 1.29 is 13.5 Å². The number of nitrogens with two attached hydrogens (primary N) is 1. The highest BCUT2D eigenvalue weighted by molar-refractivity contribution is 7.89. The van der Waals surface area contributed by atoms with Gasteiger partial charge in [0.2, 0.25) is 10.0 Å². The van der Waals surface area contributed by atoms with Crippen molar-refractivity contribution in [1.29, 1.82) is 0 Å². The summed E-state index contributed by atoms with van der Waals surface area (Å²) in [6.07, 6.45) is -0.696. The molecule has 1 aromatic rings. The highest BCUT2D eigenvalue weighted by atomic mass is 32.2. The predicted octanol–water partition coefficient (Wildman–Crippen LogP) is 0.564. The van der Waals surface area contributed by atoms with E-state index < -0.39 is 16.1 Å². The van der Waals surface area contributed by atoms with Crippen LogP contribution >= 0.6 is 0 Å². The number of aliphatic hydroxyl groups excluding tert-OH is 1. The minimum absolute atomic E-state index is 0.00381. The number of nitrogens with one attached hydrogen (secondary N) is 1. The van der Waals surface area contributed by atoms with E-state index in [0.29, 0.717) is 5.69 Å². The summed E-state index contributed by atoms with van der Waals surface area (Å²) in [5.41, 5.74) is 5.98. The van der Waals surface area contributed by atoms with Crippen LogP contribution in [0.1, 0.15) is 13.8 Å². The van der Waals surface area contributed by atoms with Gasteiger partial charge in [0.1, 0.15) is 0 Å². The molecule has 17 heavy (non-hydrogen) atoms. The lowest BCUT2D eigenvalue weighted by Gasteiger charge is -2.15. The third-order valence-corrected chi connectivity index (χ3v) is 3.88. The first kappa shape index (κ1) is 14.0. The molecule has 1 rings (SSSR count). The second-order valence-electron chi connectivity index (χ2n) is 4.23. The first-order chi connectivity index (χ1) is 7.83. The molecule has 0 bridgehead atoms. The molecular formula is C11H18N2O3S.